The molecule has 1 aromatic heterocycles. The van der Waals surface area contributed by atoms with Gasteiger partial charge in [0.05, 0.1) is 21.8 Å². The van der Waals surface area contributed by atoms with Gasteiger partial charge in [0.25, 0.3) is 5.78 Å². The van der Waals surface area contributed by atoms with Gasteiger partial charge < -0.3 is 9.84 Å². The predicted octanol–water partition coefficient (Wildman–Crippen LogP) is 6.17. The van der Waals surface area contributed by atoms with Gasteiger partial charge in [-0.1, -0.05) is 47.2 Å². The van der Waals surface area contributed by atoms with Gasteiger partial charge in [-0.05, 0) is 74.2 Å². The molecule has 0 saturated carbocycles. The first-order valence-electron chi connectivity index (χ1n) is 12.3. The number of carbonyl (C=O) groups is 2. The highest BCUT2D eigenvalue weighted by Crippen LogP contribution is 2.45. The normalized spacial score (nSPS) is 20.5. The Balaban J connectivity index is 1.54. The minimum Gasteiger partial charge on any atom is -0.507 e. The van der Waals surface area contributed by atoms with Crippen molar-refractivity contribution >= 4 is 44.1 Å². The van der Waals surface area contributed by atoms with Gasteiger partial charge in [-0.15, -0.1) is 0 Å². The lowest BCUT2D eigenvalue weighted by Gasteiger charge is -2.23. The van der Waals surface area contributed by atoms with Crippen molar-refractivity contribution in [3.05, 3.63) is 93.6 Å². The lowest BCUT2D eigenvalue weighted by Crippen LogP contribution is -2.29. The van der Waals surface area contributed by atoms with Gasteiger partial charge in [0.1, 0.15) is 17.6 Å². The van der Waals surface area contributed by atoms with Crippen molar-refractivity contribution in [2.45, 2.75) is 46.3 Å². The highest BCUT2D eigenvalue weighted by atomic mass is 32.1. The lowest BCUT2D eigenvalue weighted by molar-refractivity contribution is -0.132. The summed E-state index contributed by atoms with van der Waals surface area (Å²) in [6.07, 6.45) is 0.771. The van der Waals surface area contributed by atoms with Crippen molar-refractivity contribution in [3.8, 4) is 5.75 Å². The van der Waals surface area contributed by atoms with Crippen molar-refractivity contribution in [2.24, 2.45) is 0 Å². The number of aliphatic hydroxyl groups excluding tert-OH is 1. The van der Waals surface area contributed by atoms with Crippen molar-refractivity contribution < 1.29 is 19.4 Å². The van der Waals surface area contributed by atoms with E-state index in [9.17, 15) is 14.7 Å². The Morgan fingerprint density at radius 3 is 2.54 bits per heavy atom. The average molecular weight is 511 g/mol. The van der Waals surface area contributed by atoms with E-state index in [1.165, 1.54) is 16.2 Å². The number of thiazole rings is 1. The molecule has 1 fully saturated rings. The first-order chi connectivity index (χ1) is 17.7. The number of ether oxygens (including phenoxy) is 1. The molecule has 4 aromatic rings. The molecule has 1 saturated heterocycles. The Kier molecular flexibility index (Phi) is 5.42. The Morgan fingerprint density at radius 1 is 1.03 bits per heavy atom. The van der Waals surface area contributed by atoms with Gasteiger partial charge in [-0.25, -0.2) is 4.98 Å². The van der Waals surface area contributed by atoms with Gasteiger partial charge in [-0.2, -0.15) is 0 Å². The number of aliphatic hydroxyl groups is 1. The number of hydrogen-bond donors (Lipinski definition) is 1. The van der Waals surface area contributed by atoms with Crippen molar-refractivity contribution in [3.63, 3.8) is 0 Å². The van der Waals surface area contributed by atoms with E-state index in [0.717, 1.165) is 50.2 Å². The Hall–Kier alpha value is -3.97. The molecule has 7 heteroatoms. The molecule has 3 aromatic carbocycles. The Morgan fingerprint density at radius 2 is 1.78 bits per heavy atom. The molecule has 2 aliphatic rings. The molecule has 6 rings (SSSR count). The molecule has 3 heterocycles. The average Bonchev–Trinajstić information content (AvgIpc) is 3.52. The first-order valence-corrected chi connectivity index (χ1v) is 13.1. The zero-order valence-electron chi connectivity index (χ0n) is 21.0. The second-order valence-corrected chi connectivity index (χ2v) is 11.0. The molecule has 2 aliphatic heterocycles. The molecule has 186 valence electrons. The number of carbonyl (C=O) groups excluding carboxylic acids is 2. The third-order valence-electron chi connectivity index (χ3n) is 7.03. The highest BCUT2D eigenvalue weighted by molar-refractivity contribution is 7.22. The molecule has 6 nitrogen and oxygen atoms in total. The Labute approximate surface area is 218 Å². The minimum atomic E-state index is -0.800. The van der Waals surface area contributed by atoms with Gasteiger partial charge >= 0.3 is 5.91 Å². The van der Waals surface area contributed by atoms with Crippen LogP contribution >= 0.6 is 11.3 Å². The molecule has 1 N–H and O–H groups in total. The maximum Gasteiger partial charge on any atom is 0.301 e. The van der Waals surface area contributed by atoms with E-state index in [2.05, 4.69) is 6.07 Å². The van der Waals surface area contributed by atoms with Crippen LogP contribution in [0.4, 0.5) is 5.13 Å². The summed E-state index contributed by atoms with van der Waals surface area (Å²) in [4.78, 5) is 33.3. The number of benzene rings is 3. The van der Waals surface area contributed by atoms with E-state index in [1.807, 2.05) is 70.2 Å². The van der Waals surface area contributed by atoms with Crippen LogP contribution in [-0.2, 0) is 16.0 Å². The van der Waals surface area contributed by atoms with E-state index in [-0.39, 0.29) is 17.4 Å². The number of fused-ring (bicyclic) bond motifs is 2. The molecule has 0 spiro atoms. The Bertz CT molecular complexity index is 1630. The number of hydrogen-bond acceptors (Lipinski definition) is 6. The smallest absolute Gasteiger partial charge is 0.301 e. The largest absolute Gasteiger partial charge is 0.507 e. The van der Waals surface area contributed by atoms with E-state index in [0.29, 0.717) is 10.7 Å². The molecular weight excluding hydrogens is 484 g/mol. The van der Waals surface area contributed by atoms with E-state index in [1.54, 1.807) is 6.07 Å². The fourth-order valence-electron chi connectivity index (χ4n) is 5.28. The van der Waals surface area contributed by atoms with Crippen molar-refractivity contribution in [1.82, 2.24) is 4.98 Å². The van der Waals surface area contributed by atoms with Crippen LogP contribution in [-0.4, -0.2) is 27.9 Å². The number of rotatable bonds is 3. The molecule has 1 amide bonds. The van der Waals surface area contributed by atoms with Crippen LogP contribution < -0.4 is 9.64 Å². The molecule has 0 bridgehead atoms. The quantitative estimate of drug-likeness (QED) is 0.203. The summed E-state index contributed by atoms with van der Waals surface area (Å²) in [6.45, 7) is 7.98. The van der Waals surface area contributed by atoms with Crippen molar-refractivity contribution in [2.75, 3.05) is 4.90 Å². The van der Waals surface area contributed by atoms with Crippen LogP contribution in [0.3, 0.4) is 0 Å². The number of amides is 1. The van der Waals surface area contributed by atoms with Crippen LogP contribution in [0.5, 0.6) is 5.75 Å². The molecule has 37 heavy (non-hydrogen) atoms. The SMILES string of the molecule is Cc1ccc([C@H]2C(=C(O)c3ccc4c(c3)C[C@H](C)O4)C(=O)C(=O)N2c2nc3c(C)cc(C)cc3s2)cc1. The van der Waals surface area contributed by atoms with E-state index < -0.39 is 17.7 Å². The molecule has 0 radical (unpaired) electrons. The standard InChI is InChI=1S/C30H26N2O4S/c1-15-5-7-19(8-6-15)26-24(27(33)20-9-10-22-21(14-20)13-18(4)36-22)28(34)29(35)32(26)30-31-25-17(3)11-16(2)12-23(25)37-30/h5-12,14,18,26,33H,13H2,1-4H3/t18-,26-/m0/s1. The third-order valence-corrected chi connectivity index (χ3v) is 8.03. The van der Waals surface area contributed by atoms with Gasteiger partial charge in [0, 0.05) is 12.0 Å². The zero-order valence-corrected chi connectivity index (χ0v) is 21.8. The van der Waals surface area contributed by atoms with E-state index in [4.69, 9.17) is 9.72 Å². The fraction of sp³-hybridized carbons (Fsp3) is 0.233. The minimum absolute atomic E-state index is 0.0525. The maximum atomic E-state index is 13.5. The number of aryl methyl sites for hydroxylation is 3. The number of ketones is 1. The van der Waals surface area contributed by atoms with Crippen LogP contribution in [0.15, 0.2) is 60.2 Å². The van der Waals surface area contributed by atoms with Gasteiger partial charge in [0.2, 0.25) is 0 Å². The summed E-state index contributed by atoms with van der Waals surface area (Å²) < 4.78 is 6.74. The molecule has 0 unspecified atom stereocenters. The number of aromatic nitrogens is 1. The molecule has 0 aliphatic carbocycles. The van der Waals surface area contributed by atoms with E-state index >= 15 is 0 Å². The maximum absolute atomic E-state index is 13.5. The summed E-state index contributed by atoms with van der Waals surface area (Å²) in [6, 6.07) is 16.3. The third kappa shape index (κ3) is 3.81. The van der Waals surface area contributed by atoms with Crippen LogP contribution in [0.1, 0.15) is 46.3 Å². The van der Waals surface area contributed by atoms with Gasteiger partial charge in [0.15, 0.2) is 5.13 Å². The number of nitrogens with zero attached hydrogens (tertiary/aromatic N) is 2. The summed E-state index contributed by atoms with van der Waals surface area (Å²) >= 11 is 1.38. The number of Topliss-reactive ketones (excluding diaryl/α,β-unsaturated/α-hetero) is 1. The monoisotopic (exact) mass is 510 g/mol. The second-order valence-electron chi connectivity index (χ2n) is 9.96. The zero-order chi connectivity index (χ0) is 26.0. The van der Waals surface area contributed by atoms with Crippen LogP contribution in [0, 0.1) is 20.8 Å². The first kappa shape index (κ1) is 23.4. The topological polar surface area (TPSA) is 79.7 Å². The summed E-state index contributed by atoms with van der Waals surface area (Å²) in [5, 5.41) is 11.9. The lowest BCUT2D eigenvalue weighted by atomic mass is 9.94. The second kappa shape index (κ2) is 8.56. The summed E-state index contributed by atoms with van der Waals surface area (Å²) in [7, 11) is 0. The molecular formula is C30H26N2O4S. The summed E-state index contributed by atoms with van der Waals surface area (Å²) in [5.74, 6) is -0.833. The number of anilines is 1. The predicted molar refractivity (Wildman–Crippen MR) is 145 cm³/mol. The molecule has 2 atom stereocenters. The highest BCUT2D eigenvalue weighted by Gasteiger charge is 2.48. The fourth-order valence-corrected chi connectivity index (χ4v) is 6.45. The van der Waals surface area contributed by atoms with Crippen molar-refractivity contribution in [1.29, 1.82) is 0 Å². The van der Waals surface area contributed by atoms with Gasteiger partial charge in [-0.3, -0.25) is 14.5 Å². The van der Waals surface area contributed by atoms with Crippen LogP contribution in [0.25, 0.3) is 16.0 Å². The summed E-state index contributed by atoms with van der Waals surface area (Å²) in [5.41, 5.74) is 6.23. The van der Waals surface area contributed by atoms with Crippen LogP contribution in [0.2, 0.25) is 0 Å².